The Hall–Kier alpha value is -3.95. The summed E-state index contributed by atoms with van der Waals surface area (Å²) in [6.07, 6.45) is -6.61. The molecule has 36 heavy (non-hydrogen) atoms. The molecule has 3 aromatic rings. The molecule has 0 fully saturated rings. The van der Waals surface area contributed by atoms with E-state index < -0.39 is 24.3 Å². The minimum atomic E-state index is -5.08. The van der Waals surface area contributed by atoms with Crippen LogP contribution in [0.5, 0.6) is 0 Å². The molecule has 0 saturated carbocycles. The number of hydrogen-bond donors (Lipinski definition) is 4. The first-order valence-electron chi connectivity index (χ1n) is 9.58. The maximum absolute atomic E-state index is 13.9. The number of nitrogens with zero attached hydrogens (tertiary/aromatic N) is 3. The van der Waals surface area contributed by atoms with Gasteiger partial charge in [0.25, 0.3) is 0 Å². The zero-order chi connectivity index (χ0) is 27.7. The summed E-state index contributed by atoms with van der Waals surface area (Å²) in [6, 6.07) is 6.70. The number of aromatic amines is 2. The minimum Gasteiger partial charge on any atom is -0.475 e. The number of aliphatic carboxylic acids is 2. The van der Waals surface area contributed by atoms with Crippen molar-refractivity contribution >= 4 is 11.9 Å². The number of alkyl halides is 6. The van der Waals surface area contributed by atoms with Gasteiger partial charge in [0.15, 0.2) is 0 Å². The van der Waals surface area contributed by atoms with Crippen LogP contribution in [0.2, 0.25) is 0 Å². The fraction of sp³-hybridized carbons (Fsp3) is 0.300. The SMILES string of the molecule is Cc1cnc(CN(C)Cc2cn[nH]c2-c2ccccc2F)[nH]1.O=C(O)C(F)(F)F.O=C(O)C(F)(F)F. The molecular weight excluding hydrogens is 507 g/mol. The Morgan fingerprint density at radius 2 is 1.50 bits per heavy atom. The van der Waals surface area contributed by atoms with E-state index in [4.69, 9.17) is 19.8 Å². The third-order valence-electron chi connectivity index (χ3n) is 3.96. The van der Waals surface area contributed by atoms with Crippen molar-refractivity contribution in [2.75, 3.05) is 7.05 Å². The molecule has 0 atom stereocenters. The van der Waals surface area contributed by atoms with E-state index in [2.05, 4.69) is 25.1 Å². The maximum Gasteiger partial charge on any atom is 0.490 e. The van der Waals surface area contributed by atoms with Gasteiger partial charge in [-0.3, -0.25) is 10.00 Å². The quantitative estimate of drug-likeness (QED) is 0.366. The van der Waals surface area contributed by atoms with Crippen LogP contribution >= 0.6 is 0 Å². The highest BCUT2D eigenvalue weighted by molar-refractivity contribution is 5.73. The number of carboxylic acid groups (broad SMARTS) is 2. The second kappa shape index (κ2) is 12.7. The van der Waals surface area contributed by atoms with Crippen molar-refractivity contribution in [3.63, 3.8) is 0 Å². The largest absolute Gasteiger partial charge is 0.490 e. The van der Waals surface area contributed by atoms with Crippen LogP contribution in [-0.4, -0.2) is 66.6 Å². The molecule has 2 aromatic heterocycles. The Kier molecular flexibility index (Phi) is 10.6. The fourth-order valence-electron chi connectivity index (χ4n) is 2.48. The van der Waals surface area contributed by atoms with E-state index in [-0.39, 0.29) is 5.82 Å². The van der Waals surface area contributed by atoms with Crippen LogP contribution in [0.25, 0.3) is 11.3 Å². The Morgan fingerprint density at radius 3 is 1.94 bits per heavy atom. The lowest BCUT2D eigenvalue weighted by molar-refractivity contribution is -0.193. The second-order valence-corrected chi connectivity index (χ2v) is 7.04. The topological polar surface area (TPSA) is 135 Å². The second-order valence-electron chi connectivity index (χ2n) is 7.04. The van der Waals surface area contributed by atoms with Crippen LogP contribution < -0.4 is 0 Å². The van der Waals surface area contributed by atoms with Gasteiger partial charge in [-0.05, 0) is 26.1 Å². The predicted octanol–water partition coefficient (Wildman–Crippen LogP) is 4.15. The van der Waals surface area contributed by atoms with Gasteiger partial charge in [0.1, 0.15) is 11.6 Å². The van der Waals surface area contributed by atoms with E-state index in [1.165, 1.54) is 6.07 Å². The first-order chi connectivity index (χ1) is 16.5. The predicted molar refractivity (Wildman–Crippen MR) is 110 cm³/mol. The lowest BCUT2D eigenvalue weighted by atomic mass is 10.1. The van der Waals surface area contributed by atoms with E-state index in [0.29, 0.717) is 18.7 Å². The number of benzene rings is 1. The van der Waals surface area contributed by atoms with Crippen LogP contribution in [0.4, 0.5) is 30.7 Å². The molecule has 2 heterocycles. The number of aryl methyl sites for hydroxylation is 1. The summed E-state index contributed by atoms with van der Waals surface area (Å²) < 4.78 is 77.4. The molecule has 0 aliphatic heterocycles. The van der Waals surface area contributed by atoms with E-state index in [1.807, 2.05) is 26.2 Å². The first kappa shape index (κ1) is 30.1. The van der Waals surface area contributed by atoms with Crippen LogP contribution in [0.15, 0.2) is 36.7 Å². The molecule has 9 nitrogen and oxygen atoms in total. The smallest absolute Gasteiger partial charge is 0.475 e. The molecule has 198 valence electrons. The number of carbonyl (C=O) groups is 2. The highest BCUT2D eigenvalue weighted by Gasteiger charge is 2.38. The summed E-state index contributed by atoms with van der Waals surface area (Å²) in [5, 5.41) is 21.2. The summed E-state index contributed by atoms with van der Waals surface area (Å²) in [5.74, 6) is -4.85. The zero-order valence-corrected chi connectivity index (χ0v) is 18.6. The number of carboxylic acids is 2. The highest BCUT2D eigenvalue weighted by atomic mass is 19.4. The van der Waals surface area contributed by atoms with E-state index >= 15 is 0 Å². The third kappa shape index (κ3) is 10.1. The lowest BCUT2D eigenvalue weighted by Crippen LogP contribution is -2.21. The minimum absolute atomic E-state index is 0.252. The number of imidazole rings is 1. The summed E-state index contributed by atoms with van der Waals surface area (Å²) >= 11 is 0. The van der Waals surface area contributed by atoms with Crippen LogP contribution in [0.3, 0.4) is 0 Å². The fourth-order valence-corrected chi connectivity index (χ4v) is 2.48. The van der Waals surface area contributed by atoms with Gasteiger partial charge in [0.05, 0.1) is 18.4 Å². The lowest BCUT2D eigenvalue weighted by Gasteiger charge is -2.15. The third-order valence-corrected chi connectivity index (χ3v) is 3.96. The van der Waals surface area contributed by atoms with Crippen LogP contribution in [0.1, 0.15) is 17.1 Å². The first-order valence-corrected chi connectivity index (χ1v) is 9.58. The number of halogens is 7. The average Bonchev–Trinajstić information content (AvgIpc) is 3.36. The molecule has 0 amide bonds. The van der Waals surface area contributed by atoms with Crippen molar-refractivity contribution in [2.24, 2.45) is 0 Å². The van der Waals surface area contributed by atoms with Crippen molar-refractivity contribution in [2.45, 2.75) is 32.4 Å². The molecule has 0 radical (unpaired) electrons. The molecule has 3 rings (SSSR count). The Morgan fingerprint density at radius 1 is 0.972 bits per heavy atom. The van der Waals surface area contributed by atoms with Gasteiger partial charge in [-0.1, -0.05) is 12.1 Å². The summed E-state index contributed by atoms with van der Waals surface area (Å²) in [7, 11) is 2.00. The summed E-state index contributed by atoms with van der Waals surface area (Å²) in [6.45, 7) is 3.32. The molecular formula is C20H20F7N5O4. The van der Waals surface area contributed by atoms with Crippen molar-refractivity contribution in [1.29, 1.82) is 0 Å². The van der Waals surface area contributed by atoms with Crippen molar-refractivity contribution in [3.8, 4) is 11.3 Å². The van der Waals surface area contributed by atoms with Gasteiger partial charge < -0.3 is 15.2 Å². The Balaban J connectivity index is 0.000000383. The van der Waals surface area contributed by atoms with Gasteiger partial charge in [-0.25, -0.2) is 19.0 Å². The van der Waals surface area contributed by atoms with Gasteiger partial charge in [-0.15, -0.1) is 0 Å². The monoisotopic (exact) mass is 527 g/mol. The van der Waals surface area contributed by atoms with Gasteiger partial charge in [0.2, 0.25) is 0 Å². The van der Waals surface area contributed by atoms with E-state index in [9.17, 15) is 30.7 Å². The van der Waals surface area contributed by atoms with Crippen LogP contribution in [0, 0.1) is 12.7 Å². The van der Waals surface area contributed by atoms with E-state index in [0.717, 1.165) is 22.8 Å². The highest BCUT2D eigenvalue weighted by Crippen LogP contribution is 2.24. The molecule has 16 heteroatoms. The van der Waals surface area contributed by atoms with Gasteiger partial charge in [-0.2, -0.15) is 31.4 Å². The number of nitrogens with one attached hydrogen (secondary N) is 2. The molecule has 0 aliphatic rings. The number of H-pyrrole nitrogens is 2. The molecule has 0 bridgehead atoms. The number of aromatic nitrogens is 4. The van der Waals surface area contributed by atoms with Crippen molar-refractivity contribution < 1.29 is 50.5 Å². The molecule has 0 unspecified atom stereocenters. The number of rotatable bonds is 5. The van der Waals surface area contributed by atoms with Gasteiger partial charge in [0, 0.05) is 29.6 Å². The zero-order valence-electron chi connectivity index (χ0n) is 18.6. The average molecular weight is 527 g/mol. The van der Waals surface area contributed by atoms with Gasteiger partial charge >= 0.3 is 24.3 Å². The normalized spacial score (nSPS) is 11.3. The molecule has 4 N–H and O–H groups in total. The molecule has 0 spiro atoms. The van der Waals surface area contributed by atoms with E-state index in [1.54, 1.807) is 18.3 Å². The van der Waals surface area contributed by atoms with Crippen LogP contribution in [-0.2, 0) is 22.7 Å². The summed E-state index contributed by atoms with van der Waals surface area (Å²) in [4.78, 5) is 27.4. The molecule has 1 aromatic carbocycles. The molecule has 0 saturated heterocycles. The summed E-state index contributed by atoms with van der Waals surface area (Å²) in [5.41, 5.74) is 3.26. The standard InChI is InChI=1S/C16H18FN5.2C2HF3O2/c1-11-7-18-15(20-11)10-22(2)9-12-8-19-21-16(12)13-5-3-4-6-14(13)17;2*3-2(4,5)1(6)7/h3-8H,9-10H2,1-2H3,(H,18,20)(H,19,21);2*(H,6,7). The van der Waals surface area contributed by atoms with Crippen molar-refractivity contribution in [3.05, 3.63) is 59.6 Å². The number of hydrogen-bond acceptors (Lipinski definition) is 5. The Labute approximate surface area is 198 Å². The maximum atomic E-state index is 13.9. The van der Waals surface area contributed by atoms with Crippen molar-refractivity contribution in [1.82, 2.24) is 25.1 Å². The molecule has 0 aliphatic carbocycles. The Bertz CT molecular complexity index is 1120.